The molecule has 2 heterocycles. The molecule has 0 spiro atoms. The molecule has 2 aromatic heterocycles. The number of hydrogen-bond donors (Lipinski definition) is 1. The van der Waals surface area contributed by atoms with Gasteiger partial charge in [-0.05, 0) is 112 Å². The topological polar surface area (TPSA) is 50.9 Å². The second-order valence-corrected chi connectivity index (χ2v) is 19.1. The maximum atomic E-state index is 12.0. The SMILES string of the molecule is [2H]c1c([2H])c(C([2H])([2H])[2H])c([2H])c([2H])c1-c1ccnc(-c2[c-]c(-c3cccc4c3nc(-c3cc(C(C)(C)C)cc(C)c3O)n4-c3ccc(-c4cccc(C(C)(C)C)c4)cc3C([2H])([2H])[2H])cc(C(C)(C)C)c2)c1.[Pt]. The summed E-state index contributed by atoms with van der Waals surface area (Å²) in [6, 6.07) is 31.9. The average Bonchev–Trinajstić information content (AvgIpc) is 3.67. The number of rotatable bonds is 6. The Morgan fingerprint density at radius 2 is 1.27 bits per heavy atom. The van der Waals surface area contributed by atoms with Crippen molar-refractivity contribution in [1.82, 2.24) is 14.5 Å². The molecule has 0 saturated heterocycles. The summed E-state index contributed by atoms with van der Waals surface area (Å²) < 4.78 is 87.2. The molecule has 318 valence electrons. The molecule has 0 saturated carbocycles. The minimum atomic E-state index is -2.85. The summed E-state index contributed by atoms with van der Waals surface area (Å²) in [7, 11) is 0. The standard InChI is InChI=1S/C57H58N3O.Pt/c1-35-19-21-38(22-20-35)41-25-26-58-49(33-41)43-29-42(31-46(32-43)57(10,11)12)47-17-14-18-51-52(47)59-54(48-34-45(56(7,8)9)28-37(3)53(48)61)60(51)50-24-23-40(27-36(50)2)39-15-13-16-44(30-39)55(4,5)6;/h13-28,30-34,61H,1-12H3;/q-1;/i1D3,2D3,19D,20D,21D,22D;. The number of aromatic nitrogens is 3. The van der Waals surface area contributed by atoms with Crippen molar-refractivity contribution in [3.8, 4) is 67.5 Å². The Kier molecular flexibility index (Phi) is 8.85. The molecule has 5 heteroatoms. The molecule has 0 aliphatic heterocycles. The zero-order valence-electron chi connectivity index (χ0n) is 46.9. The molecule has 6 aromatic carbocycles. The number of pyridine rings is 1. The number of nitrogens with zero attached hydrogens (tertiary/aromatic N) is 3. The summed E-state index contributed by atoms with van der Waals surface area (Å²) >= 11 is 0. The summed E-state index contributed by atoms with van der Waals surface area (Å²) in [5.41, 5.74) is 8.35. The number of fused-ring (bicyclic) bond motifs is 1. The normalized spacial score (nSPS) is 14.9. The largest absolute Gasteiger partial charge is 0.507 e. The molecule has 4 nitrogen and oxygen atoms in total. The molecule has 0 amide bonds. The maximum Gasteiger partial charge on any atom is 0.148 e. The van der Waals surface area contributed by atoms with E-state index in [0.29, 0.717) is 61.6 Å². The third-order valence-electron chi connectivity index (χ3n) is 11.4. The average molecular weight is 1010 g/mol. The van der Waals surface area contributed by atoms with E-state index in [1.54, 1.807) is 18.2 Å². The predicted octanol–water partition coefficient (Wildman–Crippen LogP) is 15.1. The Morgan fingerprint density at radius 3 is 1.97 bits per heavy atom. The van der Waals surface area contributed by atoms with Gasteiger partial charge >= 0.3 is 0 Å². The third-order valence-corrected chi connectivity index (χ3v) is 11.4. The molecule has 0 bridgehead atoms. The van der Waals surface area contributed by atoms with Gasteiger partial charge in [-0.2, -0.15) is 0 Å². The first kappa shape index (κ1) is 33.0. The summed E-state index contributed by atoms with van der Waals surface area (Å²) in [6.07, 6.45) is 1.51. The van der Waals surface area contributed by atoms with Gasteiger partial charge in [0.15, 0.2) is 0 Å². The van der Waals surface area contributed by atoms with Crippen LogP contribution in [0.4, 0.5) is 0 Å². The Morgan fingerprint density at radius 1 is 0.613 bits per heavy atom. The summed E-state index contributed by atoms with van der Waals surface area (Å²) in [6.45, 7) is 15.4. The van der Waals surface area contributed by atoms with Crippen molar-refractivity contribution in [1.29, 1.82) is 0 Å². The fraction of sp³-hybridized carbons (Fsp3) is 0.263. The van der Waals surface area contributed by atoms with Crippen LogP contribution in [0.5, 0.6) is 5.75 Å². The van der Waals surface area contributed by atoms with E-state index >= 15 is 0 Å². The van der Waals surface area contributed by atoms with E-state index in [0.717, 1.165) is 27.8 Å². The molecule has 8 rings (SSSR count). The van der Waals surface area contributed by atoms with Gasteiger partial charge in [-0.25, -0.2) is 4.98 Å². The quantitative estimate of drug-likeness (QED) is 0.169. The molecule has 62 heavy (non-hydrogen) atoms. The van der Waals surface area contributed by atoms with Crippen molar-refractivity contribution >= 4 is 11.0 Å². The molecule has 1 N–H and O–H groups in total. The Labute approximate surface area is 397 Å². The van der Waals surface area contributed by atoms with Crippen LogP contribution in [0.3, 0.4) is 0 Å². The van der Waals surface area contributed by atoms with E-state index < -0.39 is 48.9 Å². The van der Waals surface area contributed by atoms with Crippen LogP contribution in [-0.4, -0.2) is 19.6 Å². The molecular weight excluding hydrogens is 938 g/mol. The fourth-order valence-corrected chi connectivity index (χ4v) is 7.68. The number of aromatic hydroxyl groups is 1. The first-order chi connectivity index (χ1) is 32.9. The second kappa shape index (κ2) is 16.6. The number of benzene rings is 6. The zero-order valence-corrected chi connectivity index (χ0v) is 39.2. The molecule has 0 unspecified atom stereocenters. The summed E-state index contributed by atoms with van der Waals surface area (Å²) in [5.74, 6) is 0.365. The molecule has 0 fully saturated rings. The van der Waals surface area contributed by atoms with E-state index in [2.05, 4.69) is 80.5 Å². The Balaban J connectivity index is 0.00000760. The molecular formula is C57H58N3OPt-. The predicted molar refractivity (Wildman–Crippen MR) is 257 cm³/mol. The minimum Gasteiger partial charge on any atom is -0.507 e. The number of phenols is 1. The van der Waals surface area contributed by atoms with Crippen molar-refractivity contribution < 1.29 is 39.9 Å². The van der Waals surface area contributed by atoms with Gasteiger partial charge in [0.1, 0.15) is 11.6 Å². The van der Waals surface area contributed by atoms with Gasteiger partial charge in [0, 0.05) is 41.2 Å². The number of hydrogen-bond acceptors (Lipinski definition) is 3. The van der Waals surface area contributed by atoms with E-state index in [1.807, 2.05) is 78.2 Å². The first-order valence-corrected chi connectivity index (χ1v) is 20.6. The van der Waals surface area contributed by atoms with Gasteiger partial charge in [-0.1, -0.05) is 158 Å². The molecule has 0 aliphatic carbocycles. The van der Waals surface area contributed by atoms with Crippen LogP contribution in [-0.2, 0) is 37.3 Å². The van der Waals surface area contributed by atoms with Crippen molar-refractivity contribution in [2.24, 2.45) is 0 Å². The van der Waals surface area contributed by atoms with Gasteiger partial charge in [0.2, 0.25) is 0 Å². The Hall–Kier alpha value is -5.57. The van der Waals surface area contributed by atoms with Crippen LogP contribution >= 0.6 is 0 Å². The van der Waals surface area contributed by atoms with Gasteiger partial charge in [-0.3, -0.25) is 9.55 Å². The monoisotopic (exact) mass is 1010 g/mol. The number of imidazole rings is 1. The van der Waals surface area contributed by atoms with Gasteiger partial charge in [0.25, 0.3) is 0 Å². The maximum absolute atomic E-state index is 12.0. The fourth-order valence-electron chi connectivity index (χ4n) is 7.68. The molecule has 0 aliphatic rings. The van der Waals surface area contributed by atoms with E-state index in [-0.39, 0.29) is 48.8 Å². The van der Waals surface area contributed by atoms with Crippen molar-refractivity contribution in [3.05, 3.63) is 167 Å². The van der Waals surface area contributed by atoms with Crippen LogP contribution in [0.25, 0.3) is 72.7 Å². The second-order valence-electron chi connectivity index (χ2n) is 19.1. The molecule has 0 radical (unpaired) electrons. The van der Waals surface area contributed by atoms with Gasteiger partial charge < -0.3 is 5.11 Å². The van der Waals surface area contributed by atoms with Gasteiger partial charge in [-0.15, -0.1) is 29.3 Å². The van der Waals surface area contributed by atoms with Crippen LogP contribution in [0, 0.1) is 26.7 Å². The van der Waals surface area contributed by atoms with Crippen molar-refractivity contribution in [2.45, 2.75) is 99.2 Å². The Bertz CT molecular complexity index is 3400. The van der Waals surface area contributed by atoms with Crippen molar-refractivity contribution in [3.63, 3.8) is 0 Å². The van der Waals surface area contributed by atoms with E-state index in [9.17, 15) is 5.11 Å². The third kappa shape index (κ3) is 8.73. The van der Waals surface area contributed by atoms with E-state index in [1.165, 1.54) is 6.20 Å². The van der Waals surface area contributed by atoms with Crippen LogP contribution < -0.4 is 0 Å². The van der Waals surface area contributed by atoms with Crippen LogP contribution in [0.15, 0.2) is 127 Å². The summed E-state index contributed by atoms with van der Waals surface area (Å²) in [5, 5.41) is 12.0. The van der Waals surface area contributed by atoms with E-state index in [4.69, 9.17) is 23.7 Å². The van der Waals surface area contributed by atoms with Crippen LogP contribution in [0.1, 0.15) is 109 Å². The number of aryl methyl sites for hydroxylation is 2. The smallest absolute Gasteiger partial charge is 0.148 e. The molecule has 0 atom stereocenters. The van der Waals surface area contributed by atoms with Gasteiger partial charge in [0.05, 0.1) is 27.8 Å². The van der Waals surface area contributed by atoms with Crippen molar-refractivity contribution in [2.75, 3.05) is 0 Å². The minimum absolute atomic E-state index is 0. The molecule has 8 aromatic rings. The zero-order chi connectivity index (χ0) is 52.1. The van der Waals surface area contributed by atoms with Crippen LogP contribution in [0.2, 0.25) is 0 Å². The number of phenolic OH excluding ortho intramolecular Hbond substituents is 1. The first-order valence-electron chi connectivity index (χ1n) is 25.6. The summed E-state index contributed by atoms with van der Waals surface area (Å²) in [4.78, 5) is 10.1. The number of para-hydroxylation sites is 1.